The van der Waals surface area contributed by atoms with E-state index in [0.29, 0.717) is 5.95 Å². The van der Waals surface area contributed by atoms with Crippen molar-refractivity contribution >= 4 is 27.8 Å². The van der Waals surface area contributed by atoms with Gasteiger partial charge >= 0.3 is 0 Å². The molecule has 8 heteroatoms. The Hall–Kier alpha value is -2.48. The minimum atomic E-state index is 0.556. The number of nitrogens with zero attached hydrogens (tertiary/aromatic N) is 7. The zero-order valence-corrected chi connectivity index (χ0v) is 15.6. The van der Waals surface area contributed by atoms with Crippen molar-refractivity contribution in [3.05, 3.63) is 52.0 Å². The number of aromatic nitrogens is 5. The van der Waals surface area contributed by atoms with E-state index in [1.807, 2.05) is 57.1 Å². The zero-order valence-electron chi connectivity index (χ0n) is 14.0. The molecule has 124 valence electrons. The molecule has 0 radical (unpaired) electrons. The second-order valence-electron chi connectivity index (χ2n) is 5.66. The summed E-state index contributed by atoms with van der Waals surface area (Å²) in [6.07, 6.45) is 3.33. The molecule has 3 rings (SSSR count). The third-order valence-corrected chi connectivity index (χ3v) is 4.13. The molecule has 0 unspecified atom stereocenters. The smallest absolute Gasteiger partial charge is 0.273 e. The van der Waals surface area contributed by atoms with Gasteiger partial charge in [-0.2, -0.15) is 14.9 Å². The minimum absolute atomic E-state index is 0.556. The number of rotatable bonds is 4. The SMILES string of the molecule is Cc1cc(C)n(-c2nncn2N=Cc2ccc(N(C)C)c(Br)c2)n1. The molecule has 2 heterocycles. The van der Waals surface area contributed by atoms with E-state index in [9.17, 15) is 0 Å². The third kappa shape index (κ3) is 3.23. The molecule has 3 aromatic rings. The maximum atomic E-state index is 4.45. The summed E-state index contributed by atoms with van der Waals surface area (Å²) in [5, 5.41) is 16.9. The van der Waals surface area contributed by atoms with Gasteiger partial charge in [0, 0.05) is 24.3 Å². The Morgan fingerprint density at radius 2 is 2.00 bits per heavy atom. The molecule has 1 aromatic carbocycles. The highest BCUT2D eigenvalue weighted by molar-refractivity contribution is 9.10. The Labute approximate surface area is 148 Å². The summed E-state index contributed by atoms with van der Waals surface area (Å²) < 4.78 is 4.34. The van der Waals surface area contributed by atoms with Gasteiger partial charge < -0.3 is 4.90 Å². The monoisotopic (exact) mass is 387 g/mol. The Morgan fingerprint density at radius 3 is 2.62 bits per heavy atom. The summed E-state index contributed by atoms with van der Waals surface area (Å²) in [6, 6.07) is 8.06. The molecular weight excluding hydrogens is 370 g/mol. The zero-order chi connectivity index (χ0) is 17.3. The van der Waals surface area contributed by atoms with E-state index in [2.05, 4.69) is 36.3 Å². The molecule has 0 bridgehead atoms. The number of hydrogen-bond donors (Lipinski definition) is 0. The first-order chi connectivity index (χ1) is 11.5. The van der Waals surface area contributed by atoms with E-state index in [1.54, 1.807) is 21.9 Å². The molecule has 24 heavy (non-hydrogen) atoms. The van der Waals surface area contributed by atoms with Gasteiger partial charge in [-0.3, -0.25) is 0 Å². The van der Waals surface area contributed by atoms with Crippen molar-refractivity contribution in [3.8, 4) is 5.95 Å². The molecular formula is C16H18BrN7. The van der Waals surface area contributed by atoms with Gasteiger partial charge in [0.25, 0.3) is 5.95 Å². The lowest BCUT2D eigenvalue weighted by atomic mass is 10.2. The van der Waals surface area contributed by atoms with Gasteiger partial charge in [0.15, 0.2) is 0 Å². The predicted molar refractivity (Wildman–Crippen MR) is 98.1 cm³/mol. The lowest BCUT2D eigenvalue weighted by Crippen LogP contribution is -2.09. The van der Waals surface area contributed by atoms with Crippen LogP contribution in [0.1, 0.15) is 17.0 Å². The number of hydrogen-bond acceptors (Lipinski definition) is 5. The van der Waals surface area contributed by atoms with Crippen LogP contribution in [0.2, 0.25) is 0 Å². The molecule has 0 spiro atoms. The first-order valence-electron chi connectivity index (χ1n) is 7.40. The first kappa shape index (κ1) is 16.4. The second kappa shape index (κ2) is 6.56. The number of aryl methyl sites for hydroxylation is 2. The number of halogens is 1. The van der Waals surface area contributed by atoms with Crippen molar-refractivity contribution in [1.82, 2.24) is 24.7 Å². The van der Waals surface area contributed by atoms with Crippen LogP contribution in [0.3, 0.4) is 0 Å². The molecule has 0 aliphatic heterocycles. The molecule has 0 aliphatic rings. The lowest BCUT2D eigenvalue weighted by molar-refractivity contribution is 0.717. The summed E-state index contributed by atoms with van der Waals surface area (Å²) >= 11 is 3.58. The van der Waals surface area contributed by atoms with E-state index < -0.39 is 0 Å². The topological polar surface area (TPSA) is 64.1 Å². The van der Waals surface area contributed by atoms with Gasteiger partial charge in [-0.1, -0.05) is 6.07 Å². The quantitative estimate of drug-likeness (QED) is 0.645. The maximum Gasteiger partial charge on any atom is 0.273 e. The van der Waals surface area contributed by atoms with Gasteiger partial charge in [-0.25, -0.2) is 4.68 Å². The number of anilines is 1. The van der Waals surface area contributed by atoms with Gasteiger partial charge in [0.2, 0.25) is 0 Å². The van der Waals surface area contributed by atoms with Crippen molar-refractivity contribution in [2.24, 2.45) is 5.10 Å². The standard InChI is InChI=1S/C16H18BrN7/c1-11-7-12(2)24(21-11)16-20-18-10-23(16)19-9-13-5-6-15(22(3)4)14(17)8-13/h5-10H,1-4H3. The maximum absolute atomic E-state index is 4.45. The molecule has 7 nitrogen and oxygen atoms in total. The van der Waals surface area contributed by atoms with Crippen molar-refractivity contribution < 1.29 is 0 Å². The fraction of sp³-hybridized carbons (Fsp3) is 0.250. The normalized spacial score (nSPS) is 11.4. The van der Waals surface area contributed by atoms with E-state index in [-0.39, 0.29) is 0 Å². The third-order valence-electron chi connectivity index (χ3n) is 3.50. The van der Waals surface area contributed by atoms with Crippen molar-refractivity contribution in [2.75, 3.05) is 19.0 Å². The second-order valence-corrected chi connectivity index (χ2v) is 6.52. The molecule has 0 saturated carbocycles. The van der Waals surface area contributed by atoms with Crippen molar-refractivity contribution in [3.63, 3.8) is 0 Å². The van der Waals surface area contributed by atoms with Gasteiger partial charge in [-0.15, -0.1) is 10.2 Å². The predicted octanol–water partition coefficient (Wildman–Crippen LogP) is 2.79. The Bertz CT molecular complexity index is 892. The number of benzene rings is 1. The van der Waals surface area contributed by atoms with E-state index in [1.165, 1.54) is 0 Å². The average molecular weight is 388 g/mol. The molecule has 2 aromatic heterocycles. The summed E-state index contributed by atoms with van der Waals surface area (Å²) in [6.45, 7) is 3.91. The van der Waals surface area contributed by atoms with Crippen LogP contribution >= 0.6 is 15.9 Å². The average Bonchev–Trinajstić information content (AvgIpc) is 3.10. The molecule has 0 saturated heterocycles. The molecule has 0 fully saturated rings. The van der Waals surface area contributed by atoms with Crippen LogP contribution in [0.5, 0.6) is 0 Å². The molecule has 0 atom stereocenters. The highest BCUT2D eigenvalue weighted by Crippen LogP contribution is 2.25. The Morgan fingerprint density at radius 1 is 1.21 bits per heavy atom. The van der Waals surface area contributed by atoms with Gasteiger partial charge in [0.1, 0.15) is 6.33 Å². The van der Waals surface area contributed by atoms with Crippen LogP contribution in [0.25, 0.3) is 5.95 Å². The van der Waals surface area contributed by atoms with Crippen LogP contribution in [0.15, 0.2) is 40.2 Å². The summed E-state index contributed by atoms with van der Waals surface area (Å²) in [5.41, 5.74) is 3.99. The van der Waals surface area contributed by atoms with Crippen LogP contribution in [-0.4, -0.2) is 45.0 Å². The summed E-state index contributed by atoms with van der Waals surface area (Å²) in [5.74, 6) is 0.556. The van der Waals surface area contributed by atoms with Gasteiger partial charge in [0.05, 0.1) is 17.6 Å². The van der Waals surface area contributed by atoms with Crippen LogP contribution in [0.4, 0.5) is 5.69 Å². The fourth-order valence-corrected chi connectivity index (χ4v) is 3.12. The van der Waals surface area contributed by atoms with Crippen LogP contribution < -0.4 is 4.90 Å². The molecule has 0 amide bonds. The van der Waals surface area contributed by atoms with Crippen LogP contribution in [0, 0.1) is 13.8 Å². The van der Waals surface area contributed by atoms with Crippen LogP contribution in [-0.2, 0) is 0 Å². The van der Waals surface area contributed by atoms with Gasteiger partial charge in [-0.05, 0) is 53.5 Å². The molecule has 0 N–H and O–H groups in total. The highest BCUT2D eigenvalue weighted by Gasteiger charge is 2.10. The summed E-state index contributed by atoms with van der Waals surface area (Å²) in [7, 11) is 4.01. The Kier molecular flexibility index (Phi) is 4.48. The lowest BCUT2D eigenvalue weighted by Gasteiger charge is -2.14. The molecule has 0 aliphatic carbocycles. The largest absolute Gasteiger partial charge is 0.377 e. The highest BCUT2D eigenvalue weighted by atomic mass is 79.9. The van der Waals surface area contributed by atoms with E-state index in [0.717, 1.165) is 27.1 Å². The van der Waals surface area contributed by atoms with E-state index >= 15 is 0 Å². The fourth-order valence-electron chi connectivity index (χ4n) is 2.37. The minimum Gasteiger partial charge on any atom is -0.377 e. The van der Waals surface area contributed by atoms with E-state index in [4.69, 9.17) is 0 Å². The first-order valence-corrected chi connectivity index (χ1v) is 8.20. The van der Waals surface area contributed by atoms with Crippen molar-refractivity contribution in [2.45, 2.75) is 13.8 Å². The summed E-state index contributed by atoms with van der Waals surface area (Å²) in [4.78, 5) is 2.05. The van der Waals surface area contributed by atoms with Crippen molar-refractivity contribution in [1.29, 1.82) is 0 Å². The Balaban J connectivity index is 1.90.